The van der Waals surface area contributed by atoms with Gasteiger partial charge < -0.3 is 9.84 Å². The lowest BCUT2D eigenvalue weighted by Crippen LogP contribution is -2.42. The molecule has 23 heavy (non-hydrogen) atoms. The molecule has 1 aromatic heterocycles. The number of H-pyrrole nitrogens is 1. The normalized spacial score (nSPS) is 21.3. The van der Waals surface area contributed by atoms with E-state index in [0.29, 0.717) is 13.2 Å². The molecular formula is C18H25N3O2. The molecular weight excluding hydrogens is 290 g/mol. The lowest BCUT2D eigenvalue weighted by molar-refractivity contribution is 0.0809. The molecule has 5 heteroatoms. The van der Waals surface area contributed by atoms with Gasteiger partial charge in [-0.3, -0.25) is 10.00 Å². The Balaban J connectivity index is 1.87. The van der Waals surface area contributed by atoms with Gasteiger partial charge >= 0.3 is 0 Å². The van der Waals surface area contributed by atoms with E-state index in [1.54, 1.807) is 0 Å². The predicted octanol–water partition coefficient (Wildman–Crippen LogP) is 2.28. The summed E-state index contributed by atoms with van der Waals surface area (Å²) >= 11 is 0. The van der Waals surface area contributed by atoms with E-state index in [1.807, 2.05) is 6.20 Å². The van der Waals surface area contributed by atoms with Gasteiger partial charge in [-0.1, -0.05) is 24.6 Å². The minimum atomic E-state index is -0.411. The Kier molecular flexibility index (Phi) is 4.80. The maximum atomic E-state index is 10.1. The SMILES string of the molecule is CCN(Cc1cn[nH]c1-c1cc(C)ccc1C)[C@H]1COC[C@@H]1O. The first-order chi connectivity index (χ1) is 11.1. The third kappa shape index (κ3) is 3.32. The van der Waals surface area contributed by atoms with Gasteiger partial charge in [0.15, 0.2) is 0 Å². The Morgan fingerprint density at radius 1 is 1.35 bits per heavy atom. The molecule has 124 valence electrons. The van der Waals surface area contributed by atoms with Crippen molar-refractivity contribution in [2.24, 2.45) is 0 Å². The van der Waals surface area contributed by atoms with Crippen molar-refractivity contribution in [3.8, 4) is 11.3 Å². The maximum Gasteiger partial charge on any atom is 0.0950 e. The van der Waals surface area contributed by atoms with E-state index in [1.165, 1.54) is 16.7 Å². The first-order valence-corrected chi connectivity index (χ1v) is 8.20. The second-order valence-corrected chi connectivity index (χ2v) is 6.32. The van der Waals surface area contributed by atoms with Crippen LogP contribution >= 0.6 is 0 Å². The van der Waals surface area contributed by atoms with Crippen LogP contribution in [0, 0.1) is 13.8 Å². The van der Waals surface area contributed by atoms with Gasteiger partial charge in [-0.2, -0.15) is 5.10 Å². The van der Waals surface area contributed by atoms with Crippen molar-refractivity contribution in [2.75, 3.05) is 19.8 Å². The smallest absolute Gasteiger partial charge is 0.0950 e. The number of hydrogen-bond donors (Lipinski definition) is 2. The molecule has 3 rings (SSSR count). The number of aromatic amines is 1. The van der Waals surface area contributed by atoms with Gasteiger partial charge in [0.25, 0.3) is 0 Å². The average molecular weight is 315 g/mol. The van der Waals surface area contributed by atoms with E-state index in [0.717, 1.165) is 24.3 Å². The van der Waals surface area contributed by atoms with Crippen molar-refractivity contribution in [2.45, 2.75) is 39.5 Å². The molecule has 0 unspecified atom stereocenters. The fourth-order valence-corrected chi connectivity index (χ4v) is 3.23. The van der Waals surface area contributed by atoms with Crippen LogP contribution in [0.1, 0.15) is 23.6 Å². The molecule has 1 aromatic carbocycles. The van der Waals surface area contributed by atoms with E-state index >= 15 is 0 Å². The molecule has 2 heterocycles. The zero-order valence-electron chi connectivity index (χ0n) is 14.0. The molecule has 0 radical (unpaired) electrons. The molecule has 2 N–H and O–H groups in total. The Bertz CT molecular complexity index is 668. The molecule has 1 aliphatic heterocycles. The summed E-state index contributed by atoms with van der Waals surface area (Å²) in [6.45, 7) is 8.96. The van der Waals surface area contributed by atoms with Gasteiger partial charge in [0.05, 0.1) is 37.3 Å². The summed E-state index contributed by atoms with van der Waals surface area (Å²) < 4.78 is 5.41. The van der Waals surface area contributed by atoms with E-state index in [-0.39, 0.29) is 6.04 Å². The van der Waals surface area contributed by atoms with Crippen molar-refractivity contribution < 1.29 is 9.84 Å². The molecule has 0 spiro atoms. The highest BCUT2D eigenvalue weighted by atomic mass is 16.5. The van der Waals surface area contributed by atoms with Crippen molar-refractivity contribution >= 4 is 0 Å². The van der Waals surface area contributed by atoms with Crippen molar-refractivity contribution in [3.05, 3.63) is 41.1 Å². The van der Waals surface area contributed by atoms with Crippen molar-refractivity contribution in [3.63, 3.8) is 0 Å². The summed E-state index contributed by atoms with van der Waals surface area (Å²) in [6.07, 6.45) is 1.48. The summed E-state index contributed by atoms with van der Waals surface area (Å²) in [7, 11) is 0. The highest BCUT2D eigenvalue weighted by Crippen LogP contribution is 2.27. The second-order valence-electron chi connectivity index (χ2n) is 6.32. The minimum Gasteiger partial charge on any atom is -0.389 e. The number of rotatable bonds is 5. The van der Waals surface area contributed by atoms with Gasteiger partial charge in [0.2, 0.25) is 0 Å². The Morgan fingerprint density at radius 3 is 2.87 bits per heavy atom. The number of hydrogen-bond acceptors (Lipinski definition) is 4. The van der Waals surface area contributed by atoms with Crippen LogP contribution in [0.15, 0.2) is 24.4 Å². The van der Waals surface area contributed by atoms with E-state index in [4.69, 9.17) is 4.74 Å². The summed E-state index contributed by atoms with van der Waals surface area (Å²) in [5.74, 6) is 0. The molecule has 0 saturated carbocycles. The minimum absolute atomic E-state index is 0.0568. The van der Waals surface area contributed by atoms with Crippen LogP contribution in [0.25, 0.3) is 11.3 Å². The monoisotopic (exact) mass is 315 g/mol. The summed E-state index contributed by atoms with van der Waals surface area (Å²) in [4.78, 5) is 2.26. The Hall–Kier alpha value is -1.69. The first kappa shape index (κ1) is 16.2. The lowest BCUT2D eigenvalue weighted by Gasteiger charge is -2.28. The molecule has 1 fully saturated rings. The molecule has 1 aliphatic rings. The zero-order chi connectivity index (χ0) is 16.4. The molecule has 0 aliphatic carbocycles. The topological polar surface area (TPSA) is 61.4 Å². The average Bonchev–Trinajstić information content (AvgIpc) is 3.16. The number of aromatic nitrogens is 2. The molecule has 0 bridgehead atoms. The van der Waals surface area contributed by atoms with Crippen LogP contribution in [0.2, 0.25) is 0 Å². The summed E-state index contributed by atoms with van der Waals surface area (Å²) in [5, 5.41) is 17.5. The van der Waals surface area contributed by atoms with Crippen LogP contribution in [-0.2, 0) is 11.3 Å². The van der Waals surface area contributed by atoms with Crippen LogP contribution in [0.5, 0.6) is 0 Å². The van der Waals surface area contributed by atoms with Crippen LogP contribution in [-0.4, -0.2) is 52.1 Å². The fraction of sp³-hybridized carbons (Fsp3) is 0.500. The van der Waals surface area contributed by atoms with Crippen LogP contribution in [0.4, 0.5) is 0 Å². The van der Waals surface area contributed by atoms with E-state index < -0.39 is 6.10 Å². The Morgan fingerprint density at radius 2 is 2.17 bits per heavy atom. The largest absolute Gasteiger partial charge is 0.389 e. The number of benzene rings is 1. The fourth-order valence-electron chi connectivity index (χ4n) is 3.23. The van der Waals surface area contributed by atoms with Crippen molar-refractivity contribution in [1.29, 1.82) is 0 Å². The molecule has 2 aromatic rings. The number of aliphatic hydroxyl groups is 1. The number of aryl methyl sites for hydroxylation is 2. The number of nitrogens with one attached hydrogen (secondary N) is 1. The van der Waals surface area contributed by atoms with Gasteiger partial charge in [-0.25, -0.2) is 0 Å². The standard InChI is InChI=1S/C18H25N3O2/c1-4-21(16-10-23-11-17(16)22)9-14-8-19-20-18(14)15-7-12(2)5-6-13(15)3/h5-8,16-17,22H,4,9-11H2,1-3H3,(H,19,20)/t16-,17-/m0/s1. The van der Waals surface area contributed by atoms with Crippen molar-refractivity contribution in [1.82, 2.24) is 15.1 Å². The summed E-state index contributed by atoms with van der Waals surface area (Å²) in [5.41, 5.74) is 5.88. The van der Waals surface area contributed by atoms with Crippen LogP contribution in [0.3, 0.4) is 0 Å². The van der Waals surface area contributed by atoms with Gasteiger partial charge in [-0.15, -0.1) is 0 Å². The quantitative estimate of drug-likeness (QED) is 0.888. The maximum absolute atomic E-state index is 10.1. The van der Waals surface area contributed by atoms with E-state index in [9.17, 15) is 5.11 Å². The van der Waals surface area contributed by atoms with Gasteiger partial charge in [0, 0.05) is 17.7 Å². The number of ether oxygens (including phenoxy) is 1. The third-order valence-electron chi connectivity index (χ3n) is 4.65. The molecule has 2 atom stereocenters. The van der Waals surface area contributed by atoms with Gasteiger partial charge in [-0.05, 0) is 32.0 Å². The lowest BCUT2D eigenvalue weighted by atomic mass is 10.00. The zero-order valence-corrected chi connectivity index (χ0v) is 14.0. The molecule has 1 saturated heterocycles. The third-order valence-corrected chi connectivity index (χ3v) is 4.65. The predicted molar refractivity (Wildman–Crippen MR) is 90.2 cm³/mol. The number of aliphatic hydroxyl groups excluding tert-OH is 1. The summed E-state index contributed by atoms with van der Waals surface area (Å²) in [6, 6.07) is 6.51. The van der Waals surface area contributed by atoms with E-state index in [2.05, 4.69) is 54.1 Å². The number of likely N-dealkylation sites (N-methyl/N-ethyl adjacent to an activating group) is 1. The Labute approximate surface area is 137 Å². The van der Waals surface area contributed by atoms with Gasteiger partial charge in [0.1, 0.15) is 0 Å². The second kappa shape index (κ2) is 6.83. The highest BCUT2D eigenvalue weighted by molar-refractivity contribution is 5.67. The number of nitrogens with zero attached hydrogens (tertiary/aromatic N) is 2. The highest BCUT2D eigenvalue weighted by Gasteiger charge is 2.31. The first-order valence-electron chi connectivity index (χ1n) is 8.20. The molecule has 0 amide bonds. The van der Waals surface area contributed by atoms with Crippen LogP contribution < -0.4 is 0 Å². The molecule has 5 nitrogen and oxygen atoms in total.